The number of rotatable bonds is 2. The van der Waals surface area contributed by atoms with E-state index in [1.807, 2.05) is 0 Å². The summed E-state index contributed by atoms with van der Waals surface area (Å²) in [6.07, 6.45) is 4.32. The lowest BCUT2D eigenvalue weighted by Crippen LogP contribution is -2.24. The molecule has 1 fully saturated rings. The molecular formula is C14H21NO. The van der Waals surface area contributed by atoms with Gasteiger partial charge in [-0.1, -0.05) is 31.0 Å². The first kappa shape index (κ1) is 11.5. The molecule has 0 aliphatic heterocycles. The minimum Gasteiger partial charge on any atom is -0.392 e. The Labute approximate surface area is 97.9 Å². The van der Waals surface area contributed by atoms with Gasteiger partial charge in [-0.15, -0.1) is 0 Å². The number of anilines is 1. The number of aliphatic hydroxyl groups is 1. The van der Waals surface area contributed by atoms with E-state index in [1.54, 1.807) is 0 Å². The molecule has 0 spiro atoms. The second-order valence-electron chi connectivity index (χ2n) is 4.91. The lowest BCUT2D eigenvalue weighted by atomic mass is 9.81. The van der Waals surface area contributed by atoms with Crippen LogP contribution in [0.1, 0.15) is 37.2 Å². The molecule has 0 radical (unpaired) electrons. The number of para-hydroxylation sites is 1. The van der Waals surface area contributed by atoms with E-state index in [9.17, 15) is 5.11 Å². The third-order valence-electron chi connectivity index (χ3n) is 3.55. The van der Waals surface area contributed by atoms with Crippen LogP contribution in [0.2, 0.25) is 0 Å². The van der Waals surface area contributed by atoms with E-state index in [4.69, 9.17) is 0 Å². The van der Waals surface area contributed by atoms with Gasteiger partial charge < -0.3 is 10.0 Å². The van der Waals surface area contributed by atoms with Crippen LogP contribution in [0.15, 0.2) is 24.3 Å². The Balaban J connectivity index is 2.31. The molecule has 1 aliphatic rings. The van der Waals surface area contributed by atoms with E-state index in [0.717, 1.165) is 12.8 Å². The first-order valence-corrected chi connectivity index (χ1v) is 6.14. The van der Waals surface area contributed by atoms with Crippen LogP contribution < -0.4 is 4.90 Å². The van der Waals surface area contributed by atoms with Crippen molar-refractivity contribution in [1.82, 2.24) is 0 Å². The average Bonchev–Trinajstić information content (AvgIpc) is 2.29. The zero-order valence-electron chi connectivity index (χ0n) is 10.2. The van der Waals surface area contributed by atoms with Crippen molar-refractivity contribution in [3.8, 4) is 0 Å². The fourth-order valence-electron chi connectivity index (χ4n) is 2.68. The highest BCUT2D eigenvalue weighted by Crippen LogP contribution is 2.37. The molecule has 1 aromatic carbocycles. The number of nitrogens with zero attached hydrogens (tertiary/aromatic N) is 1. The van der Waals surface area contributed by atoms with E-state index in [1.165, 1.54) is 24.1 Å². The monoisotopic (exact) mass is 219 g/mol. The number of aliphatic hydroxyl groups excluding tert-OH is 1. The van der Waals surface area contributed by atoms with Gasteiger partial charge in [0.15, 0.2) is 0 Å². The summed E-state index contributed by atoms with van der Waals surface area (Å²) < 4.78 is 0. The van der Waals surface area contributed by atoms with E-state index in [2.05, 4.69) is 43.3 Å². The van der Waals surface area contributed by atoms with Crippen molar-refractivity contribution in [3.63, 3.8) is 0 Å². The molecule has 1 N–H and O–H groups in total. The standard InChI is InChI=1S/C14H21NO/c1-15(2)13-9-5-3-7-11(13)12-8-4-6-10-14(12)16/h3,5,7,9,12,14,16H,4,6,8,10H2,1-2H3/t12-,14-/m0/s1. The number of benzene rings is 1. The Kier molecular flexibility index (Phi) is 3.49. The summed E-state index contributed by atoms with van der Waals surface area (Å²) in [6, 6.07) is 8.43. The average molecular weight is 219 g/mol. The minimum absolute atomic E-state index is 0.158. The van der Waals surface area contributed by atoms with Crippen LogP contribution in [0.25, 0.3) is 0 Å². The first-order valence-electron chi connectivity index (χ1n) is 6.14. The molecule has 16 heavy (non-hydrogen) atoms. The van der Waals surface area contributed by atoms with Gasteiger partial charge in [-0.2, -0.15) is 0 Å². The van der Waals surface area contributed by atoms with Gasteiger partial charge >= 0.3 is 0 Å². The fraction of sp³-hybridized carbons (Fsp3) is 0.571. The molecule has 2 nitrogen and oxygen atoms in total. The maximum atomic E-state index is 10.1. The van der Waals surface area contributed by atoms with Crippen molar-refractivity contribution in [2.45, 2.75) is 37.7 Å². The molecule has 1 aromatic rings. The highest BCUT2D eigenvalue weighted by Gasteiger charge is 2.26. The topological polar surface area (TPSA) is 23.5 Å². The Hall–Kier alpha value is -1.02. The van der Waals surface area contributed by atoms with Gasteiger partial charge in [-0.05, 0) is 24.5 Å². The molecule has 2 atom stereocenters. The third kappa shape index (κ3) is 2.22. The van der Waals surface area contributed by atoms with Crippen molar-refractivity contribution in [2.24, 2.45) is 0 Å². The van der Waals surface area contributed by atoms with Crippen LogP contribution in [0.5, 0.6) is 0 Å². The quantitative estimate of drug-likeness (QED) is 0.826. The van der Waals surface area contributed by atoms with Crippen molar-refractivity contribution in [3.05, 3.63) is 29.8 Å². The van der Waals surface area contributed by atoms with Gasteiger partial charge in [0.25, 0.3) is 0 Å². The van der Waals surface area contributed by atoms with Crippen LogP contribution in [0.4, 0.5) is 5.69 Å². The first-order chi connectivity index (χ1) is 7.70. The SMILES string of the molecule is CN(C)c1ccccc1[C@@H]1CCCC[C@@H]1O. The molecule has 0 amide bonds. The van der Waals surface area contributed by atoms with Gasteiger partial charge in [0.1, 0.15) is 0 Å². The highest BCUT2D eigenvalue weighted by atomic mass is 16.3. The molecule has 0 aromatic heterocycles. The molecular weight excluding hydrogens is 198 g/mol. The largest absolute Gasteiger partial charge is 0.392 e. The molecule has 0 bridgehead atoms. The molecule has 0 unspecified atom stereocenters. The number of hydrogen-bond donors (Lipinski definition) is 1. The summed E-state index contributed by atoms with van der Waals surface area (Å²) in [5.41, 5.74) is 2.55. The van der Waals surface area contributed by atoms with Gasteiger partial charge in [-0.25, -0.2) is 0 Å². The molecule has 1 aliphatic carbocycles. The number of hydrogen-bond acceptors (Lipinski definition) is 2. The molecule has 2 heteroatoms. The summed E-state index contributed by atoms with van der Waals surface area (Å²) in [7, 11) is 4.13. The minimum atomic E-state index is -0.158. The van der Waals surface area contributed by atoms with Crippen LogP contribution in [0, 0.1) is 0 Å². The van der Waals surface area contributed by atoms with E-state index >= 15 is 0 Å². The lowest BCUT2D eigenvalue weighted by molar-refractivity contribution is 0.106. The Morgan fingerprint density at radius 1 is 1.12 bits per heavy atom. The lowest BCUT2D eigenvalue weighted by Gasteiger charge is -2.31. The molecule has 0 saturated heterocycles. The van der Waals surface area contributed by atoms with Crippen molar-refractivity contribution in [1.29, 1.82) is 0 Å². The van der Waals surface area contributed by atoms with Crippen molar-refractivity contribution in [2.75, 3.05) is 19.0 Å². The maximum absolute atomic E-state index is 10.1. The predicted octanol–water partition coefficient (Wildman–Crippen LogP) is 2.77. The van der Waals surface area contributed by atoms with Crippen LogP contribution in [-0.4, -0.2) is 25.3 Å². The molecule has 1 saturated carbocycles. The summed E-state index contributed by atoms with van der Waals surface area (Å²) in [5, 5.41) is 10.1. The van der Waals surface area contributed by atoms with Gasteiger partial charge in [0, 0.05) is 25.7 Å². The van der Waals surface area contributed by atoms with E-state index in [0.29, 0.717) is 5.92 Å². The zero-order valence-corrected chi connectivity index (χ0v) is 10.2. The molecule has 88 valence electrons. The van der Waals surface area contributed by atoms with Crippen LogP contribution in [-0.2, 0) is 0 Å². The van der Waals surface area contributed by atoms with Gasteiger partial charge in [0.2, 0.25) is 0 Å². The van der Waals surface area contributed by atoms with Crippen molar-refractivity contribution >= 4 is 5.69 Å². The summed E-state index contributed by atoms with van der Waals surface area (Å²) in [6.45, 7) is 0. The highest BCUT2D eigenvalue weighted by molar-refractivity contribution is 5.54. The van der Waals surface area contributed by atoms with Crippen LogP contribution in [0.3, 0.4) is 0 Å². The Morgan fingerprint density at radius 2 is 1.81 bits per heavy atom. The zero-order chi connectivity index (χ0) is 11.5. The summed E-state index contributed by atoms with van der Waals surface area (Å²) in [5.74, 6) is 0.326. The normalized spacial score (nSPS) is 25.4. The predicted molar refractivity (Wildman–Crippen MR) is 68.0 cm³/mol. The summed E-state index contributed by atoms with van der Waals surface area (Å²) in [4.78, 5) is 2.14. The fourth-order valence-corrected chi connectivity index (χ4v) is 2.68. The summed E-state index contributed by atoms with van der Waals surface area (Å²) >= 11 is 0. The van der Waals surface area contributed by atoms with Crippen molar-refractivity contribution < 1.29 is 5.11 Å². The smallest absolute Gasteiger partial charge is 0.0609 e. The van der Waals surface area contributed by atoms with E-state index in [-0.39, 0.29) is 6.10 Å². The van der Waals surface area contributed by atoms with Gasteiger partial charge in [0.05, 0.1) is 6.10 Å². The molecule has 0 heterocycles. The van der Waals surface area contributed by atoms with Crippen LogP contribution >= 0.6 is 0 Å². The third-order valence-corrected chi connectivity index (χ3v) is 3.55. The Morgan fingerprint density at radius 3 is 2.50 bits per heavy atom. The van der Waals surface area contributed by atoms with E-state index < -0.39 is 0 Å². The maximum Gasteiger partial charge on any atom is 0.0609 e. The van der Waals surface area contributed by atoms with Gasteiger partial charge in [-0.3, -0.25) is 0 Å². The second-order valence-corrected chi connectivity index (χ2v) is 4.91. The molecule has 2 rings (SSSR count). The second kappa shape index (κ2) is 4.88. The Bertz CT molecular complexity index is 348.